The van der Waals surface area contributed by atoms with Gasteiger partial charge < -0.3 is 4.90 Å². The van der Waals surface area contributed by atoms with E-state index < -0.39 is 110 Å². The minimum Gasteiger partial charge on any atom is -0.310 e. The van der Waals surface area contributed by atoms with Crippen molar-refractivity contribution in [2.45, 2.75) is 37.1 Å². The summed E-state index contributed by atoms with van der Waals surface area (Å²) < 4.78 is 252. The number of nitrogens with zero attached hydrogens (tertiary/aromatic N) is 1. The molecule has 1 nitrogen and oxygen atoms in total. The fourth-order valence-corrected chi connectivity index (χ4v) is 6.41. The van der Waals surface area contributed by atoms with E-state index in [0.717, 1.165) is 30.3 Å². The van der Waals surface area contributed by atoms with Crippen LogP contribution in [0, 0.1) is 0 Å². The Morgan fingerprint density at radius 2 is 0.574 bits per heavy atom. The fraction of sp³-hybridized carbons (Fsp3) is 0.143. The first-order chi connectivity index (χ1) is 28.0. The van der Waals surface area contributed by atoms with Crippen LogP contribution in [0.2, 0.25) is 0 Å². The van der Waals surface area contributed by atoms with E-state index in [1.165, 1.54) is 0 Å². The maximum Gasteiger partial charge on any atom is 0.418 e. The lowest BCUT2D eigenvalue weighted by Gasteiger charge is -2.30. The van der Waals surface area contributed by atoms with Gasteiger partial charge in [0, 0.05) is 11.4 Å². The van der Waals surface area contributed by atoms with E-state index in [1.807, 2.05) is 0 Å². The van der Waals surface area contributed by atoms with Crippen molar-refractivity contribution < 1.29 is 79.0 Å². The standard InChI is InChI=1S/C42H21F18N/c43-37(44,45)26-8-1-22(2-9-26)25-7-18-36(35(19-25)42(58,59)60)61(29-14-16-31(33(20-29)40(52,53)54)23-3-10-27(11-4-23)38(46,47)48)30-15-17-32(34(21-30)41(55,56)57)24-5-12-28(13-6-24)39(49,50)51/h1-21H. The van der Waals surface area contributed by atoms with Gasteiger partial charge in [0.15, 0.2) is 0 Å². The third-order valence-corrected chi connectivity index (χ3v) is 9.27. The molecule has 6 aromatic rings. The lowest BCUT2D eigenvalue weighted by molar-refractivity contribution is -0.138. The summed E-state index contributed by atoms with van der Waals surface area (Å²) in [5, 5.41) is 0. The fourth-order valence-electron chi connectivity index (χ4n) is 6.41. The average Bonchev–Trinajstić information content (AvgIpc) is 3.16. The molecule has 0 spiro atoms. The quantitative estimate of drug-likeness (QED) is 0.151. The van der Waals surface area contributed by atoms with Crippen LogP contribution < -0.4 is 4.90 Å². The monoisotopic (exact) mass is 881 g/mol. The second kappa shape index (κ2) is 15.4. The molecule has 0 aliphatic heterocycles. The van der Waals surface area contributed by atoms with Gasteiger partial charge in [-0.25, -0.2) is 0 Å². The Labute approximate surface area is 332 Å². The molecule has 0 aliphatic carbocycles. The van der Waals surface area contributed by atoms with E-state index in [-0.39, 0.29) is 23.3 Å². The van der Waals surface area contributed by atoms with Crippen molar-refractivity contribution in [1.82, 2.24) is 0 Å². The molecule has 0 bridgehead atoms. The molecule has 61 heavy (non-hydrogen) atoms. The Morgan fingerprint density at radius 1 is 0.262 bits per heavy atom. The van der Waals surface area contributed by atoms with E-state index in [0.29, 0.717) is 89.8 Å². The molecule has 0 aliphatic rings. The minimum absolute atomic E-state index is 0.197. The SMILES string of the molecule is FC(F)(F)c1ccc(-c2ccc(N(c3ccc(-c4ccc(C(F)(F)F)cc4)c(C(F)(F)F)c3)c3ccc(-c4ccc(C(F)(F)F)cc4)c(C(F)(F)F)c3)c(C(F)(F)F)c2)cc1. The predicted octanol–water partition coefficient (Wildman–Crippen LogP) is 16.3. The Hall–Kier alpha value is -6.14. The number of anilines is 3. The molecular weight excluding hydrogens is 860 g/mol. The highest BCUT2D eigenvalue weighted by atomic mass is 19.4. The minimum atomic E-state index is -5.45. The first kappa shape index (κ1) is 44.4. The zero-order valence-electron chi connectivity index (χ0n) is 29.9. The van der Waals surface area contributed by atoms with Gasteiger partial charge >= 0.3 is 37.1 Å². The third-order valence-electron chi connectivity index (χ3n) is 9.27. The molecule has 19 heteroatoms. The molecule has 0 radical (unpaired) electrons. The molecule has 0 aromatic heterocycles. The first-order valence-corrected chi connectivity index (χ1v) is 17.0. The number of hydrogen-bond acceptors (Lipinski definition) is 1. The number of alkyl halides is 18. The van der Waals surface area contributed by atoms with Crippen LogP contribution in [0.5, 0.6) is 0 Å². The summed E-state index contributed by atoms with van der Waals surface area (Å²) >= 11 is 0. The van der Waals surface area contributed by atoms with Gasteiger partial charge in [0.05, 0.1) is 39.1 Å². The van der Waals surface area contributed by atoms with Crippen LogP contribution in [0.1, 0.15) is 33.4 Å². The van der Waals surface area contributed by atoms with Gasteiger partial charge in [-0.1, -0.05) is 54.6 Å². The van der Waals surface area contributed by atoms with E-state index in [2.05, 4.69) is 0 Å². The second-order valence-electron chi connectivity index (χ2n) is 13.2. The maximum atomic E-state index is 15.0. The van der Waals surface area contributed by atoms with Crippen LogP contribution in [0.25, 0.3) is 33.4 Å². The highest BCUT2D eigenvalue weighted by Crippen LogP contribution is 2.49. The van der Waals surface area contributed by atoms with Gasteiger partial charge in [-0.15, -0.1) is 0 Å². The van der Waals surface area contributed by atoms with Crippen LogP contribution in [-0.2, 0) is 37.1 Å². The average molecular weight is 882 g/mol. The van der Waals surface area contributed by atoms with Crippen molar-refractivity contribution >= 4 is 17.1 Å². The molecule has 0 fully saturated rings. The summed E-state index contributed by atoms with van der Waals surface area (Å²) in [5.41, 5.74) is -14.4. The largest absolute Gasteiger partial charge is 0.418 e. The van der Waals surface area contributed by atoms with Crippen molar-refractivity contribution in [2.24, 2.45) is 0 Å². The van der Waals surface area contributed by atoms with Crippen LogP contribution in [0.3, 0.4) is 0 Å². The topological polar surface area (TPSA) is 3.24 Å². The Bertz CT molecular complexity index is 2400. The first-order valence-electron chi connectivity index (χ1n) is 17.0. The smallest absolute Gasteiger partial charge is 0.310 e. The summed E-state index contributed by atoms with van der Waals surface area (Å²) in [6, 6.07) is 12.9. The highest BCUT2D eigenvalue weighted by Gasteiger charge is 2.40. The number of rotatable bonds is 6. The summed E-state index contributed by atoms with van der Waals surface area (Å²) in [6.45, 7) is 0. The molecule has 6 rings (SSSR count). The van der Waals surface area contributed by atoms with Crippen molar-refractivity contribution in [1.29, 1.82) is 0 Å². The van der Waals surface area contributed by atoms with Crippen molar-refractivity contribution in [3.63, 3.8) is 0 Å². The van der Waals surface area contributed by atoms with Gasteiger partial charge in [-0.2, -0.15) is 79.0 Å². The predicted molar refractivity (Wildman–Crippen MR) is 187 cm³/mol. The van der Waals surface area contributed by atoms with E-state index in [1.54, 1.807) is 0 Å². The molecule has 0 heterocycles. The Balaban J connectivity index is 1.61. The molecular formula is C42H21F18N. The van der Waals surface area contributed by atoms with Crippen LogP contribution in [0.15, 0.2) is 127 Å². The van der Waals surface area contributed by atoms with Crippen molar-refractivity contribution in [2.75, 3.05) is 4.90 Å². The van der Waals surface area contributed by atoms with Crippen molar-refractivity contribution in [3.8, 4) is 33.4 Å². The van der Waals surface area contributed by atoms with Gasteiger partial charge in [0.25, 0.3) is 0 Å². The number of halogens is 18. The molecule has 0 amide bonds. The third kappa shape index (κ3) is 9.60. The number of benzene rings is 6. The maximum absolute atomic E-state index is 15.0. The van der Waals surface area contributed by atoms with Crippen molar-refractivity contribution in [3.05, 3.63) is 161 Å². The molecule has 0 saturated heterocycles. The summed E-state index contributed by atoms with van der Waals surface area (Å²) in [6.07, 6.45) is -30.8. The van der Waals surface area contributed by atoms with Gasteiger partial charge in [-0.05, 0) is 106 Å². The molecule has 0 N–H and O–H groups in total. The molecule has 6 aromatic carbocycles. The summed E-state index contributed by atoms with van der Waals surface area (Å²) in [5.74, 6) is 0. The number of hydrogen-bond donors (Lipinski definition) is 0. The van der Waals surface area contributed by atoms with E-state index in [4.69, 9.17) is 0 Å². The molecule has 0 atom stereocenters. The molecule has 0 unspecified atom stereocenters. The van der Waals surface area contributed by atoms with Crippen LogP contribution in [0.4, 0.5) is 96.1 Å². The van der Waals surface area contributed by atoms with Crippen LogP contribution in [-0.4, -0.2) is 0 Å². The van der Waals surface area contributed by atoms with E-state index in [9.17, 15) is 65.9 Å². The van der Waals surface area contributed by atoms with Gasteiger partial charge in [-0.3, -0.25) is 0 Å². The molecule has 0 saturated carbocycles. The highest BCUT2D eigenvalue weighted by molar-refractivity contribution is 5.85. The zero-order valence-corrected chi connectivity index (χ0v) is 29.9. The zero-order chi connectivity index (χ0) is 45.1. The Morgan fingerprint density at radius 3 is 0.885 bits per heavy atom. The summed E-state index contributed by atoms with van der Waals surface area (Å²) in [4.78, 5) is 0.372. The lowest BCUT2D eigenvalue weighted by atomic mass is 9.95. The van der Waals surface area contributed by atoms with E-state index >= 15 is 13.2 Å². The lowest BCUT2D eigenvalue weighted by Crippen LogP contribution is -2.19. The normalized spacial score (nSPS) is 13.1. The van der Waals surface area contributed by atoms with Gasteiger partial charge in [0.2, 0.25) is 0 Å². The Kier molecular flexibility index (Phi) is 11.2. The second-order valence-corrected chi connectivity index (χ2v) is 13.2. The van der Waals surface area contributed by atoms with Gasteiger partial charge in [0.1, 0.15) is 0 Å². The summed E-state index contributed by atoms with van der Waals surface area (Å²) in [7, 11) is 0. The van der Waals surface area contributed by atoms with Crippen LogP contribution >= 0.6 is 0 Å². The molecule has 320 valence electrons.